The zero-order valence-corrected chi connectivity index (χ0v) is 10.8. The summed E-state index contributed by atoms with van der Waals surface area (Å²) in [6.07, 6.45) is 2.15. The van der Waals surface area contributed by atoms with Crippen molar-refractivity contribution in [1.29, 1.82) is 0 Å². The Kier molecular flexibility index (Phi) is 4.43. The molecular formula is C9H14N2O3S2. The number of carbonyl (C=O) groups is 1. The van der Waals surface area contributed by atoms with Gasteiger partial charge in [-0.25, -0.2) is 13.4 Å². The average Bonchev–Trinajstić information content (AvgIpc) is 2.49. The van der Waals surface area contributed by atoms with Gasteiger partial charge >= 0.3 is 0 Å². The zero-order chi connectivity index (χ0) is 12.2. The Balaban J connectivity index is 2.54. The standard InChI is InChI=1S/C9H14N2O3S2/c1-3-4-16(13,14)6-8(12)11-9-10-5-7(2)15-9/h5H,3-4,6H2,1-2H3,(H,10,11,12). The van der Waals surface area contributed by atoms with Gasteiger partial charge in [0, 0.05) is 11.1 Å². The van der Waals surface area contributed by atoms with Gasteiger partial charge in [-0.05, 0) is 13.3 Å². The van der Waals surface area contributed by atoms with Crippen LogP contribution in [0.2, 0.25) is 0 Å². The highest BCUT2D eigenvalue weighted by atomic mass is 32.2. The molecule has 0 saturated heterocycles. The molecule has 90 valence electrons. The summed E-state index contributed by atoms with van der Waals surface area (Å²) >= 11 is 1.32. The molecule has 1 amide bonds. The van der Waals surface area contributed by atoms with Crippen LogP contribution >= 0.6 is 11.3 Å². The van der Waals surface area contributed by atoms with Gasteiger partial charge in [0.05, 0.1) is 5.75 Å². The van der Waals surface area contributed by atoms with Gasteiger partial charge in [0.15, 0.2) is 15.0 Å². The maximum atomic E-state index is 11.4. The summed E-state index contributed by atoms with van der Waals surface area (Å²) in [5.41, 5.74) is 0. The van der Waals surface area contributed by atoms with Crippen LogP contribution in [0.25, 0.3) is 0 Å². The molecule has 0 atom stereocenters. The monoisotopic (exact) mass is 262 g/mol. The molecule has 1 heterocycles. The highest BCUT2D eigenvalue weighted by Gasteiger charge is 2.16. The second-order valence-corrected chi connectivity index (χ2v) is 6.84. The second-order valence-electron chi connectivity index (χ2n) is 3.42. The summed E-state index contributed by atoms with van der Waals surface area (Å²) in [4.78, 5) is 16.3. The van der Waals surface area contributed by atoms with Gasteiger partial charge in [-0.1, -0.05) is 6.92 Å². The molecule has 0 fully saturated rings. The summed E-state index contributed by atoms with van der Waals surface area (Å²) < 4.78 is 22.7. The first kappa shape index (κ1) is 13.1. The summed E-state index contributed by atoms with van der Waals surface area (Å²) in [6, 6.07) is 0. The predicted molar refractivity (Wildman–Crippen MR) is 64.4 cm³/mol. The Bertz CT molecular complexity index is 465. The lowest BCUT2D eigenvalue weighted by Gasteiger charge is -2.02. The minimum absolute atomic E-state index is 0.0390. The topological polar surface area (TPSA) is 76.1 Å². The minimum Gasteiger partial charge on any atom is -0.301 e. The summed E-state index contributed by atoms with van der Waals surface area (Å²) in [6.45, 7) is 3.63. The highest BCUT2D eigenvalue weighted by molar-refractivity contribution is 7.92. The number of aryl methyl sites for hydroxylation is 1. The fourth-order valence-electron chi connectivity index (χ4n) is 1.15. The van der Waals surface area contributed by atoms with Crippen LogP contribution < -0.4 is 5.32 Å². The summed E-state index contributed by atoms with van der Waals surface area (Å²) in [5, 5.41) is 2.91. The Morgan fingerprint density at radius 2 is 2.25 bits per heavy atom. The number of amides is 1. The molecule has 0 spiro atoms. The first-order chi connectivity index (χ1) is 7.43. The molecule has 0 bridgehead atoms. The predicted octanol–water partition coefficient (Wildman–Crippen LogP) is 1.21. The number of hydrogen-bond acceptors (Lipinski definition) is 5. The van der Waals surface area contributed by atoms with Gasteiger partial charge in [-0.3, -0.25) is 4.79 Å². The first-order valence-corrected chi connectivity index (χ1v) is 7.49. The molecule has 1 N–H and O–H groups in total. The van der Waals surface area contributed by atoms with Gasteiger partial charge in [-0.2, -0.15) is 0 Å². The van der Waals surface area contributed by atoms with Crippen molar-refractivity contribution in [2.75, 3.05) is 16.8 Å². The van der Waals surface area contributed by atoms with E-state index < -0.39 is 21.5 Å². The molecular weight excluding hydrogens is 248 g/mol. The van der Waals surface area contributed by atoms with Gasteiger partial charge in [0.25, 0.3) is 0 Å². The van der Waals surface area contributed by atoms with Gasteiger partial charge < -0.3 is 5.32 Å². The molecule has 0 aliphatic carbocycles. The fraction of sp³-hybridized carbons (Fsp3) is 0.556. The van der Waals surface area contributed by atoms with E-state index in [9.17, 15) is 13.2 Å². The number of anilines is 1. The fourth-order valence-corrected chi connectivity index (χ4v) is 3.07. The molecule has 0 aliphatic rings. The second kappa shape index (κ2) is 5.40. The van der Waals surface area contributed by atoms with Gasteiger partial charge in [0.2, 0.25) is 5.91 Å². The third-order valence-electron chi connectivity index (χ3n) is 1.73. The number of nitrogens with one attached hydrogen (secondary N) is 1. The number of thiazole rings is 1. The van der Waals surface area contributed by atoms with Crippen molar-refractivity contribution in [3.05, 3.63) is 11.1 Å². The molecule has 7 heteroatoms. The third-order valence-corrected chi connectivity index (χ3v) is 4.29. The van der Waals surface area contributed by atoms with Crippen molar-refractivity contribution < 1.29 is 13.2 Å². The third kappa shape index (κ3) is 4.28. The van der Waals surface area contributed by atoms with Crippen molar-refractivity contribution >= 4 is 32.2 Å². The van der Waals surface area contributed by atoms with Crippen molar-refractivity contribution in [1.82, 2.24) is 4.98 Å². The number of hydrogen-bond donors (Lipinski definition) is 1. The van der Waals surface area contributed by atoms with Crippen molar-refractivity contribution in [3.8, 4) is 0 Å². The smallest absolute Gasteiger partial charge is 0.241 e. The Hall–Kier alpha value is -0.950. The lowest BCUT2D eigenvalue weighted by atomic mass is 10.6. The number of sulfone groups is 1. The summed E-state index contributed by atoms with van der Waals surface area (Å²) in [5.74, 6) is -0.959. The van der Waals surface area contributed by atoms with E-state index in [4.69, 9.17) is 0 Å². The SMILES string of the molecule is CCCS(=O)(=O)CC(=O)Nc1ncc(C)s1. The van der Waals surface area contributed by atoms with Crippen LogP contribution in [-0.2, 0) is 14.6 Å². The van der Waals surface area contributed by atoms with Crippen LogP contribution in [0, 0.1) is 6.92 Å². The van der Waals surface area contributed by atoms with E-state index in [1.807, 2.05) is 6.92 Å². The molecule has 1 rings (SSSR count). The lowest BCUT2D eigenvalue weighted by Crippen LogP contribution is -2.24. The summed E-state index contributed by atoms with van der Waals surface area (Å²) in [7, 11) is -3.28. The number of carbonyl (C=O) groups excluding carboxylic acids is 1. The minimum atomic E-state index is -3.28. The van der Waals surface area contributed by atoms with Crippen LogP contribution in [0.1, 0.15) is 18.2 Å². The number of nitrogens with zero attached hydrogens (tertiary/aromatic N) is 1. The van der Waals surface area contributed by atoms with Crippen molar-refractivity contribution in [3.63, 3.8) is 0 Å². The molecule has 1 aromatic heterocycles. The van der Waals surface area contributed by atoms with Crippen LogP contribution in [0.15, 0.2) is 6.20 Å². The van der Waals surface area contributed by atoms with E-state index in [0.717, 1.165) is 4.88 Å². The van der Waals surface area contributed by atoms with Crippen LogP contribution in [0.3, 0.4) is 0 Å². The van der Waals surface area contributed by atoms with Gasteiger partial charge in [0.1, 0.15) is 5.75 Å². The average molecular weight is 262 g/mol. The maximum Gasteiger partial charge on any atom is 0.241 e. The molecule has 0 unspecified atom stereocenters. The van der Waals surface area contributed by atoms with E-state index in [0.29, 0.717) is 11.6 Å². The number of aromatic nitrogens is 1. The van der Waals surface area contributed by atoms with Crippen molar-refractivity contribution in [2.45, 2.75) is 20.3 Å². The normalized spacial score (nSPS) is 11.4. The van der Waals surface area contributed by atoms with E-state index in [1.165, 1.54) is 11.3 Å². The molecule has 0 aliphatic heterocycles. The molecule has 1 aromatic rings. The Labute approximate surface area is 98.8 Å². The Morgan fingerprint density at radius 1 is 1.56 bits per heavy atom. The molecule has 16 heavy (non-hydrogen) atoms. The van der Waals surface area contributed by atoms with Gasteiger partial charge in [-0.15, -0.1) is 11.3 Å². The van der Waals surface area contributed by atoms with Crippen LogP contribution in [0.4, 0.5) is 5.13 Å². The molecule has 0 saturated carbocycles. The number of rotatable bonds is 5. The zero-order valence-electron chi connectivity index (χ0n) is 9.19. The highest BCUT2D eigenvalue weighted by Crippen LogP contribution is 2.16. The van der Waals surface area contributed by atoms with E-state index in [-0.39, 0.29) is 5.75 Å². The first-order valence-electron chi connectivity index (χ1n) is 4.85. The van der Waals surface area contributed by atoms with Crippen molar-refractivity contribution in [2.24, 2.45) is 0 Å². The molecule has 0 aromatic carbocycles. The molecule has 0 radical (unpaired) electrons. The maximum absolute atomic E-state index is 11.4. The largest absolute Gasteiger partial charge is 0.301 e. The quantitative estimate of drug-likeness (QED) is 0.865. The molecule has 5 nitrogen and oxygen atoms in total. The van der Waals surface area contributed by atoms with E-state index >= 15 is 0 Å². The Morgan fingerprint density at radius 3 is 2.75 bits per heavy atom. The van der Waals surface area contributed by atoms with E-state index in [2.05, 4.69) is 10.3 Å². The van der Waals surface area contributed by atoms with Crippen LogP contribution in [0.5, 0.6) is 0 Å². The van der Waals surface area contributed by atoms with E-state index in [1.54, 1.807) is 13.1 Å². The lowest BCUT2D eigenvalue weighted by molar-refractivity contribution is -0.113. The van der Waals surface area contributed by atoms with Crippen LogP contribution in [-0.4, -0.2) is 30.8 Å².